The van der Waals surface area contributed by atoms with Crippen molar-refractivity contribution in [3.05, 3.63) is 79.4 Å². The lowest BCUT2D eigenvalue weighted by Crippen LogP contribution is -2.36. The van der Waals surface area contributed by atoms with Crippen molar-refractivity contribution >= 4 is 40.0 Å². The van der Waals surface area contributed by atoms with Gasteiger partial charge in [-0.15, -0.1) is 0 Å². The molecule has 5 rings (SSSR count). The van der Waals surface area contributed by atoms with Gasteiger partial charge in [-0.05, 0) is 48.5 Å². The fourth-order valence-corrected chi connectivity index (χ4v) is 3.86. The second-order valence-electron chi connectivity index (χ2n) is 7.79. The van der Waals surface area contributed by atoms with Crippen LogP contribution in [0.2, 0.25) is 0 Å². The molecule has 0 saturated carbocycles. The molecule has 34 heavy (non-hydrogen) atoms. The number of halogens is 1. The predicted molar refractivity (Wildman–Crippen MR) is 130 cm³/mol. The third-order valence-corrected chi connectivity index (χ3v) is 5.58. The van der Waals surface area contributed by atoms with Gasteiger partial charge in [0.05, 0.1) is 18.9 Å². The van der Waals surface area contributed by atoms with Gasteiger partial charge in [-0.2, -0.15) is 4.98 Å². The van der Waals surface area contributed by atoms with Crippen LogP contribution in [0.4, 0.5) is 27.4 Å². The molecule has 9 heteroatoms. The zero-order valence-electron chi connectivity index (χ0n) is 18.4. The molecule has 0 unspecified atom stereocenters. The quantitative estimate of drug-likeness (QED) is 0.420. The summed E-state index contributed by atoms with van der Waals surface area (Å²) in [6.07, 6.45) is 4.77. The Morgan fingerprint density at radius 1 is 1.12 bits per heavy atom. The van der Waals surface area contributed by atoms with Crippen LogP contribution in [0.15, 0.2) is 73.6 Å². The fraction of sp³-hybridized carbons (Fsp3) is 0.160. The zero-order chi connectivity index (χ0) is 23.5. The third kappa shape index (κ3) is 4.46. The molecule has 2 aromatic heterocycles. The number of aromatic nitrogens is 3. The Kier molecular flexibility index (Phi) is 5.92. The van der Waals surface area contributed by atoms with Gasteiger partial charge >= 0.3 is 0 Å². The number of carbonyl (C=O) groups excluding carboxylic acids is 1. The number of carbonyl (C=O) groups is 1. The molecule has 0 aliphatic carbocycles. The monoisotopic (exact) mass is 458 g/mol. The van der Waals surface area contributed by atoms with Crippen molar-refractivity contribution in [2.75, 3.05) is 41.8 Å². The normalized spacial score (nSPS) is 13.6. The lowest BCUT2D eigenvalue weighted by molar-refractivity contribution is -0.111. The van der Waals surface area contributed by atoms with E-state index in [1.54, 1.807) is 18.3 Å². The topological polar surface area (TPSA) is 84.3 Å². The second kappa shape index (κ2) is 9.32. The van der Waals surface area contributed by atoms with Crippen LogP contribution in [-0.4, -0.2) is 46.7 Å². The predicted octanol–water partition coefficient (Wildman–Crippen LogP) is 4.26. The molecule has 0 bridgehead atoms. The molecule has 2 N–H and O–H groups in total. The summed E-state index contributed by atoms with van der Waals surface area (Å²) >= 11 is 0. The number of ether oxygens (including phenoxy) is 1. The van der Waals surface area contributed by atoms with E-state index in [1.807, 2.05) is 41.1 Å². The van der Waals surface area contributed by atoms with E-state index < -0.39 is 0 Å². The number of nitrogens with one attached hydrogen (secondary N) is 2. The van der Waals surface area contributed by atoms with E-state index in [9.17, 15) is 9.18 Å². The minimum Gasteiger partial charge on any atom is -0.378 e. The highest BCUT2D eigenvalue weighted by atomic mass is 19.1. The van der Waals surface area contributed by atoms with Crippen LogP contribution in [0.3, 0.4) is 0 Å². The lowest BCUT2D eigenvalue weighted by Gasteiger charge is -2.29. The number of nitrogens with zero attached hydrogens (tertiary/aromatic N) is 4. The van der Waals surface area contributed by atoms with E-state index in [2.05, 4.69) is 32.1 Å². The number of fused-ring (bicyclic) bond motifs is 1. The summed E-state index contributed by atoms with van der Waals surface area (Å²) in [7, 11) is 0. The Morgan fingerprint density at radius 3 is 2.76 bits per heavy atom. The molecule has 0 spiro atoms. The first-order valence-electron chi connectivity index (χ1n) is 10.9. The summed E-state index contributed by atoms with van der Waals surface area (Å²) in [6.45, 7) is 6.22. The van der Waals surface area contributed by atoms with Crippen LogP contribution in [-0.2, 0) is 9.53 Å². The van der Waals surface area contributed by atoms with Crippen LogP contribution in [0, 0.1) is 5.82 Å². The lowest BCUT2D eigenvalue weighted by atomic mass is 10.2. The average molecular weight is 458 g/mol. The molecule has 4 aromatic rings. The summed E-state index contributed by atoms with van der Waals surface area (Å²) < 4.78 is 22.1. The van der Waals surface area contributed by atoms with Gasteiger partial charge in [0.2, 0.25) is 11.9 Å². The molecule has 8 nitrogen and oxygen atoms in total. The minimum absolute atomic E-state index is 0.279. The SMILES string of the molecule is C=CC(=O)Nc1cccc(-n2ccc3cnc(Nc4ccc(N5CCOCC5)cc4F)nc32)c1. The van der Waals surface area contributed by atoms with Gasteiger partial charge in [-0.1, -0.05) is 12.6 Å². The maximum absolute atomic E-state index is 14.8. The maximum Gasteiger partial charge on any atom is 0.247 e. The van der Waals surface area contributed by atoms with E-state index in [1.165, 1.54) is 12.1 Å². The van der Waals surface area contributed by atoms with Crippen LogP contribution >= 0.6 is 0 Å². The van der Waals surface area contributed by atoms with Crippen molar-refractivity contribution in [2.45, 2.75) is 0 Å². The van der Waals surface area contributed by atoms with Gasteiger partial charge in [-0.3, -0.25) is 4.79 Å². The van der Waals surface area contributed by atoms with E-state index >= 15 is 0 Å². The fourth-order valence-electron chi connectivity index (χ4n) is 3.86. The summed E-state index contributed by atoms with van der Waals surface area (Å²) in [4.78, 5) is 22.7. The standard InChI is InChI=1S/C25H23FN6O2/c1-2-23(33)28-18-4-3-5-20(14-18)32-9-8-17-16-27-25(30-24(17)32)29-22-7-6-19(15-21(22)26)31-10-12-34-13-11-31/h2-9,14-16H,1,10-13H2,(H,28,33)(H,27,29,30). The Labute approximate surface area is 195 Å². The number of morpholine rings is 1. The number of anilines is 4. The maximum atomic E-state index is 14.8. The van der Waals surface area contributed by atoms with Crippen LogP contribution < -0.4 is 15.5 Å². The zero-order valence-corrected chi connectivity index (χ0v) is 18.4. The van der Waals surface area contributed by atoms with Gasteiger partial charge in [0.25, 0.3) is 0 Å². The highest BCUT2D eigenvalue weighted by Gasteiger charge is 2.14. The van der Waals surface area contributed by atoms with Crippen molar-refractivity contribution in [3.63, 3.8) is 0 Å². The van der Waals surface area contributed by atoms with E-state index in [0.717, 1.165) is 29.9 Å². The van der Waals surface area contributed by atoms with Crippen molar-refractivity contribution in [1.82, 2.24) is 14.5 Å². The smallest absolute Gasteiger partial charge is 0.247 e. The van der Waals surface area contributed by atoms with E-state index in [0.29, 0.717) is 30.2 Å². The number of amides is 1. The van der Waals surface area contributed by atoms with Crippen molar-refractivity contribution in [3.8, 4) is 5.69 Å². The Morgan fingerprint density at radius 2 is 1.97 bits per heavy atom. The minimum atomic E-state index is -0.381. The summed E-state index contributed by atoms with van der Waals surface area (Å²) in [5.74, 6) is -0.389. The van der Waals surface area contributed by atoms with Crippen molar-refractivity contribution in [1.29, 1.82) is 0 Å². The van der Waals surface area contributed by atoms with Crippen LogP contribution in [0.25, 0.3) is 16.7 Å². The molecular weight excluding hydrogens is 435 g/mol. The van der Waals surface area contributed by atoms with Gasteiger partial charge in [0.15, 0.2) is 0 Å². The number of hydrogen-bond donors (Lipinski definition) is 2. The van der Waals surface area contributed by atoms with Crippen LogP contribution in [0.1, 0.15) is 0 Å². The van der Waals surface area contributed by atoms with Gasteiger partial charge in [-0.25, -0.2) is 9.37 Å². The molecule has 1 aliphatic heterocycles. The van der Waals surface area contributed by atoms with Crippen molar-refractivity contribution in [2.24, 2.45) is 0 Å². The first-order valence-corrected chi connectivity index (χ1v) is 10.9. The summed E-state index contributed by atoms with van der Waals surface area (Å²) in [6, 6.07) is 14.3. The molecular formula is C25H23FN6O2. The molecule has 1 fully saturated rings. The van der Waals surface area contributed by atoms with E-state index in [-0.39, 0.29) is 17.7 Å². The highest BCUT2D eigenvalue weighted by Crippen LogP contribution is 2.26. The molecule has 3 heterocycles. The molecule has 1 saturated heterocycles. The van der Waals surface area contributed by atoms with Gasteiger partial charge < -0.3 is 24.8 Å². The number of hydrogen-bond acceptors (Lipinski definition) is 6. The summed E-state index contributed by atoms with van der Waals surface area (Å²) in [5.41, 5.74) is 3.21. The summed E-state index contributed by atoms with van der Waals surface area (Å²) in [5, 5.41) is 6.57. The molecule has 1 amide bonds. The molecule has 0 radical (unpaired) electrons. The van der Waals surface area contributed by atoms with Gasteiger partial charge in [0.1, 0.15) is 11.5 Å². The average Bonchev–Trinajstić information content (AvgIpc) is 3.29. The first kappa shape index (κ1) is 21.6. The van der Waals surface area contributed by atoms with Crippen LogP contribution in [0.5, 0.6) is 0 Å². The van der Waals surface area contributed by atoms with E-state index in [4.69, 9.17) is 4.74 Å². The Balaban J connectivity index is 1.41. The first-order chi connectivity index (χ1) is 16.6. The number of benzene rings is 2. The second-order valence-corrected chi connectivity index (χ2v) is 7.79. The molecule has 0 atom stereocenters. The Hall–Kier alpha value is -4.24. The van der Waals surface area contributed by atoms with Crippen molar-refractivity contribution < 1.29 is 13.9 Å². The van der Waals surface area contributed by atoms with Gasteiger partial charge in [0, 0.05) is 47.9 Å². The highest BCUT2D eigenvalue weighted by molar-refractivity contribution is 5.99. The molecule has 2 aromatic carbocycles. The largest absolute Gasteiger partial charge is 0.378 e. The molecule has 172 valence electrons. The Bertz CT molecular complexity index is 1360. The third-order valence-electron chi connectivity index (χ3n) is 5.58. The number of rotatable bonds is 6. The molecule has 1 aliphatic rings.